The lowest BCUT2D eigenvalue weighted by molar-refractivity contribution is -0.122. The van der Waals surface area contributed by atoms with Gasteiger partial charge in [0.15, 0.2) is 5.57 Å². The summed E-state index contributed by atoms with van der Waals surface area (Å²) in [5, 5.41) is 29.7. The normalized spacial score (nSPS) is 12.2. The fourth-order valence-corrected chi connectivity index (χ4v) is 2.54. The molecule has 0 aliphatic carbocycles. The zero-order chi connectivity index (χ0) is 17.5. The quantitative estimate of drug-likeness (QED) is 0.847. The molecule has 2 rings (SSSR count). The van der Waals surface area contributed by atoms with Crippen LogP contribution in [0, 0.1) is 34.0 Å². The number of carbonyl (C=O) groups is 1. The molecule has 120 valence electrons. The van der Waals surface area contributed by atoms with E-state index in [1.54, 1.807) is 29.2 Å². The zero-order valence-electron chi connectivity index (χ0n) is 13.2. The lowest BCUT2D eigenvalue weighted by Gasteiger charge is -2.30. The molecule has 0 bridgehead atoms. The number of nitrogens with one attached hydrogen (secondary N) is 1. The highest BCUT2D eigenvalue weighted by Gasteiger charge is 2.22. The summed E-state index contributed by atoms with van der Waals surface area (Å²) >= 11 is 0. The molecule has 1 N–H and O–H groups in total. The highest BCUT2D eigenvalue weighted by Crippen LogP contribution is 2.30. The van der Waals surface area contributed by atoms with Crippen molar-refractivity contribution >= 4 is 17.3 Å². The first-order valence-corrected chi connectivity index (χ1v) is 7.28. The summed E-state index contributed by atoms with van der Waals surface area (Å²) in [4.78, 5) is 13.8. The number of carbonyl (C=O) groups excluding carboxylic acids is 1. The van der Waals surface area contributed by atoms with Gasteiger partial charge < -0.3 is 15.0 Å². The predicted molar refractivity (Wildman–Crippen MR) is 86.5 cm³/mol. The Kier molecular flexibility index (Phi) is 5.52. The van der Waals surface area contributed by atoms with Crippen molar-refractivity contribution in [3.63, 3.8) is 0 Å². The molecule has 0 saturated carbocycles. The molecule has 0 fully saturated rings. The van der Waals surface area contributed by atoms with Crippen LogP contribution >= 0.6 is 0 Å². The minimum absolute atomic E-state index is 0.00649. The van der Waals surface area contributed by atoms with Crippen molar-refractivity contribution in [2.75, 3.05) is 30.5 Å². The second-order valence-corrected chi connectivity index (χ2v) is 5.14. The molecule has 1 aromatic carbocycles. The molecule has 1 aromatic rings. The maximum absolute atomic E-state index is 12.2. The van der Waals surface area contributed by atoms with Gasteiger partial charge in [-0.2, -0.15) is 15.8 Å². The number of hydrogen-bond donors (Lipinski definition) is 1. The maximum atomic E-state index is 12.2. The van der Waals surface area contributed by atoms with Gasteiger partial charge >= 0.3 is 0 Å². The van der Waals surface area contributed by atoms with E-state index >= 15 is 0 Å². The molecule has 0 radical (unpaired) electrons. The Balaban J connectivity index is 2.37. The van der Waals surface area contributed by atoms with Crippen molar-refractivity contribution in [3.05, 3.63) is 35.0 Å². The minimum atomic E-state index is -0.289. The Labute approximate surface area is 140 Å². The van der Waals surface area contributed by atoms with E-state index in [1.165, 1.54) is 7.11 Å². The summed E-state index contributed by atoms with van der Waals surface area (Å²) in [5.41, 5.74) is 1.90. The summed E-state index contributed by atoms with van der Waals surface area (Å²) < 4.78 is 4.92. The smallest absolute Gasteiger partial charge is 0.252 e. The van der Waals surface area contributed by atoms with Gasteiger partial charge in [-0.15, -0.1) is 0 Å². The number of amides is 1. The number of benzene rings is 1. The molecule has 7 heteroatoms. The average molecular weight is 321 g/mol. The fraction of sp³-hybridized carbons (Fsp3) is 0.294. The topological polar surface area (TPSA) is 113 Å². The van der Waals surface area contributed by atoms with E-state index < -0.39 is 0 Å². The fourth-order valence-electron chi connectivity index (χ4n) is 2.54. The third kappa shape index (κ3) is 3.52. The van der Waals surface area contributed by atoms with Crippen molar-refractivity contribution in [2.24, 2.45) is 0 Å². The summed E-state index contributed by atoms with van der Waals surface area (Å²) in [6.07, 6.45) is 1.72. The van der Waals surface area contributed by atoms with Gasteiger partial charge in [-0.3, -0.25) is 4.79 Å². The first-order valence-electron chi connectivity index (χ1n) is 7.28. The Morgan fingerprint density at radius 2 is 2.04 bits per heavy atom. The molecule has 0 saturated heterocycles. The monoisotopic (exact) mass is 321 g/mol. The van der Waals surface area contributed by atoms with Gasteiger partial charge in [0.1, 0.15) is 30.5 Å². The summed E-state index contributed by atoms with van der Waals surface area (Å²) in [6.45, 7) is 0.592. The van der Waals surface area contributed by atoms with Crippen molar-refractivity contribution in [1.29, 1.82) is 15.8 Å². The van der Waals surface area contributed by atoms with E-state index in [2.05, 4.69) is 5.32 Å². The van der Waals surface area contributed by atoms with Crippen LogP contribution in [0.4, 0.5) is 11.4 Å². The molecule has 1 heterocycles. The van der Waals surface area contributed by atoms with Gasteiger partial charge in [0.25, 0.3) is 5.91 Å². The SMILES string of the molecule is COCC(=O)N1CCCc2ccc(NC(C#N)=C(C#N)C#N)cc21. The van der Waals surface area contributed by atoms with Crippen LogP contribution in [0.5, 0.6) is 0 Å². The number of ether oxygens (including phenoxy) is 1. The van der Waals surface area contributed by atoms with Crippen LogP contribution in [0.3, 0.4) is 0 Å². The average Bonchev–Trinajstić information content (AvgIpc) is 2.61. The van der Waals surface area contributed by atoms with Crippen molar-refractivity contribution in [3.8, 4) is 18.2 Å². The Bertz CT molecular complexity index is 792. The molecule has 1 aliphatic heterocycles. The molecular weight excluding hydrogens is 306 g/mol. The largest absolute Gasteiger partial charge is 0.375 e. The second kappa shape index (κ2) is 7.78. The summed E-state index contributed by atoms with van der Waals surface area (Å²) in [6, 6.07) is 10.5. The van der Waals surface area contributed by atoms with Crippen LogP contribution in [-0.4, -0.2) is 26.2 Å². The van der Waals surface area contributed by atoms with Crippen LogP contribution in [-0.2, 0) is 16.0 Å². The summed E-state index contributed by atoms with van der Waals surface area (Å²) in [5.74, 6) is -0.138. The number of anilines is 2. The van der Waals surface area contributed by atoms with Gasteiger partial charge in [0.05, 0.1) is 0 Å². The lowest BCUT2D eigenvalue weighted by atomic mass is 10.0. The maximum Gasteiger partial charge on any atom is 0.252 e. The van der Waals surface area contributed by atoms with E-state index in [1.807, 2.05) is 12.1 Å². The number of nitriles is 3. The van der Waals surface area contributed by atoms with Gasteiger partial charge in [0.2, 0.25) is 0 Å². The Morgan fingerprint density at radius 1 is 1.29 bits per heavy atom. The molecule has 0 aromatic heterocycles. The van der Waals surface area contributed by atoms with Crippen molar-refractivity contribution in [2.45, 2.75) is 12.8 Å². The van der Waals surface area contributed by atoms with Gasteiger partial charge in [0, 0.05) is 25.0 Å². The first-order chi connectivity index (χ1) is 11.6. The van der Waals surface area contributed by atoms with Crippen LogP contribution in [0.1, 0.15) is 12.0 Å². The van der Waals surface area contributed by atoms with Gasteiger partial charge in [-0.25, -0.2) is 0 Å². The number of methoxy groups -OCH3 is 1. The molecule has 1 aliphatic rings. The second-order valence-electron chi connectivity index (χ2n) is 5.14. The number of hydrogen-bond acceptors (Lipinski definition) is 6. The number of rotatable bonds is 4. The third-order valence-corrected chi connectivity index (χ3v) is 3.63. The van der Waals surface area contributed by atoms with E-state index in [9.17, 15) is 4.79 Å². The van der Waals surface area contributed by atoms with Crippen molar-refractivity contribution in [1.82, 2.24) is 0 Å². The summed E-state index contributed by atoms with van der Waals surface area (Å²) in [7, 11) is 1.47. The minimum Gasteiger partial charge on any atom is -0.375 e. The van der Waals surface area contributed by atoms with Gasteiger partial charge in [-0.1, -0.05) is 6.07 Å². The van der Waals surface area contributed by atoms with E-state index in [-0.39, 0.29) is 23.8 Å². The highest BCUT2D eigenvalue weighted by molar-refractivity contribution is 5.96. The number of nitrogens with zero attached hydrogens (tertiary/aromatic N) is 4. The first kappa shape index (κ1) is 17.0. The Hall–Kier alpha value is -3.34. The van der Waals surface area contributed by atoms with Gasteiger partial charge in [-0.05, 0) is 30.5 Å². The highest BCUT2D eigenvalue weighted by atomic mass is 16.5. The van der Waals surface area contributed by atoms with Crippen molar-refractivity contribution < 1.29 is 9.53 Å². The van der Waals surface area contributed by atoms with E-state index in [0.29, 0.717) is 12.2 Å². The molecule has 1 amide bonds. The third-order valence-electron chi connectivity index (χ3n) is 3.63. The predicted octanol–water partition coefficient (Wildman–Crippen LogP) is 1.85. The number of allylic oxidation sites excluding steroid dienone is 2. The van der Waals surface area contributed by atoms with Crippen LogP contribution in [0.25, 0.3) is 0 Å². The molecule has 0 unspecified atom stereocenters. The lowest BCUT2D eigenvalue weighted by Crippen LogP contribution is -2.37. The molecular formula is C17H15N5O2. The van der Waals surface area contributed by atoms with Crippen LogP contribution < -0.4 is 10.2 Å². The van der Waals surface area contributed by atoms with Crippen LogP contribution in [0.15, 0.2) is 29.5 Å². The molecule has 7 nitrogen and oxygen atoms in total. The van der Waals surface area contributed by atoms with E-state index in [4.69, 9.17) is 20.5 Å². The van der Waals surface area contributed by atoms with Crippen LogP contribution in [0.2, 0.25) is 0 Å². The molecule has 24 heavy (non-hydrogen) atoms. The zero-order valence-corrected chi connectivity index (χ0v) is 13.2. The molecule has 0 spiro atoms. The standard InChI is InChI=1S/C17H15N5O2/c1-24-11-17(23)22-6-2-3-12-4-5-14(7-16(12)22)21-15(10-20)13(8-18)9-19/h4-5,7,21H,2-3,6,11H2,1H3. The number of fused-ring (bicyclic) bond motifs is 1. The Morgan fingerprint density at radius 3 is 2.67 bits per heavy atom. The van der Waals surface area contributed by atoms with E-state index in [0.717, 1.165) is 24.1 Å². The molecule has 0 atom stereocenters. The number of aryl methyl sites for hydroxylation is 1.